The van der Waals surface area contributed by atoms with Crippen molar-refractivity contribution in [3.63, 3.8) is 0 Å². The van der Waals surface area contributed by atoms with Crippen LogP contribution in [0, 0.1) is 5.92 Å². The second-order valence-electron chi connectivity index (χ2n) is 7.54. The molecule has 2 amide bonds. The predicted octanol–water partition coefficient (Wildman–Crippen LogP) is 3.71. The van der Waals surface area contributed by atoms with Gasteiger partial charge in [0.15, 0.2) is 5.06 Å². The van der Waals surface area contributed by atoms with Crippen molar-refractivity contribution in [1.29, 1.82) is 0 Å². The monoisotopic (exact) mass is 399 g/mol. The number of amides is 2. The Balaban J connectivity index is 1.37. The molecule has 2 aromatic rings. The molecule has 1 aromatic carbocycles. The van der Waals surface area contributed by atoms with Crippen LogP contribution in [0.15, 0.2) is 36.4 Å². The van der Waals surface area contributed by atoms with E-state index in [1.54, 1.807) is 24.3 Å². The summed E-state index contributed by atoms with van der Waals surface area (Å²) in [5.74, 6) is 1.11. The van der Waals surface area contributed by atoms with Crippen molar-refractivity contribution in [2.45, 2.75) is 38.8 Å². The molecule has 0 spiro atoms. The van der Waals surface area contributed by atoms with Crippen LogP contribution in [0.25, 0.3) is 0 Å². The Morgan fingerprint density at radius 2 is 1.82 bits per heavy atom. The van der Waals surface area contributed by atoms with Crippen LogP contribution in [0.1, 0.15) is 36.4 Å². The van der Waals surface area contributed by atoms with Gasteiger partial charge in [0.1, 0.15) is 5.75 Å². The Hall–Kier alpha value is -2.38. The lowest BCUT2D eigenvalue weighted by Gasteiger charge is -2.49. The summed E-state index contributed by atoms with van der Waals surface area (Å²) in [6.45, 7) is 5.98. The van der Waals surface area contributed by atoms with Crippen LogP contribution in [0.4, 0.5) is 5.69 Å². The molecule has 3 aliphatic rings. The molecule has 7 heteroatoms. The lowest BCUT2D eigenvalue weighted by Crippen LogP contribution is -2.62. The molecule has 3 saturated heterocycles. The molecule has 28 heavy (non-hydrogen) atoms. The number of thiophene rings is 1. The standard InChI is InChI=1S/C21H25N3O3S/c1-13-20(15-9-11-24(13)12-10-15)23-21(26)18-7-8-19(28-18)27-17-5-3-16(4-6-17)22-14(2)25/h3-8,13,15,20H,9-12H2,1-2H3,(H,22,25)(H,23,26). The largest absolute Gasteiger partial charge is 0.447 e. The van der Waals surface area contributed by atoms with Crippen molar-refractivity contribution in [2.24, 2.45) is 5.92 Å². The van der Waals surface area contributed by atoms with Gasteiger partial charge < -0.3 is 15.4 Å². The van der Waals surface area contributed by atoms with Gasteiger partial charge in [-0.15, -0.1) is 0 Å². The van der Waals surface area contributed by atoms with Gasteiger partial charge in [0.05, 0.1) is 4.88 Å². The first kappa shape index (κ1) is 19.0. The number of carbonyl (C=O) groups is 2. The second kappa shape index (κ2) is 7.93. The van der Waals surface area contributed by atoms with Gasteiger partial charge in [0, 0.05) is 24.7 Å². The van der Waals surface area contributed by atoms with Gasteiger partial charge in [0.2, 0.25) is 5.91 Å². The molecule has 2 bridgehead atoms. The van der Waals surface area contributed by atoms with Gasteiger partial charge >= 0.3 is 0 Å². The summed E-state index contributed by atoms with van der Waals surface area (Å²) in [6.07, 6.45) is 2.34. The fraction of sp³-hybridized carbons (Fsp3) is 0.429. The highest BCUT2D eigenvalue weighted by atomic mass is 32.1. The minimum Gasteiger partial charge on any atom is -0.447 e. The normalized spacial score (nSPS) is 25.9. The van der Waals surface area contributed by atoms with Crippen molar-refractivity contribution < 1.29 is 14.3 Å². The molecule has 2 atom stereocenters. The first-order chi connectivity index (χ1) is 13.5. The van der Waals surface area contributed by atoms with Gasteiger partial charge in [-0.25, -0.2) is 0 Å². The van der Waals surface area contributed by atoms with E-state index < -0.39 is 0 Å². The third kappa shape index (κ3) is 4.05. The summed E-state index contributed by atoms with van der Waals surface area (Å²) < 4.78 is 5.85. The maximum atomic E-state index is 12.7. The molecule has 0 aliphatic carbocycles. The number of piperidine rings is 3. The van der Waals surface area contributed by atoms with E-state index in [9.17, 15) is 9.59 Å². The molecule has 5 rings (SSSR count). The zero-order valence-electron chi connectivity index (χ0n) is 16.1. The third-order valence-electron chi connectivity index (χ3n) is 5.67. The molecule has 0 saturated carbocycles. The molecule has 6 nitrogen and oxygen atoms in total. The zero-order valence-corrected chi connectivity index (χ0v) is 16.9. The molecule has 0 radical (unpaired) electrons. The smallest absolute Gasteiger partial charge is 0.261 e. The molecule has 3 aliphatic heterocycles. The summed E-state index contributed by atoms with van der Waals surface area (Å²) in [5.41, 5.74) is 0.720. The number of ether oxygens (including phenoxy) is 1. The maximum Gasteiger partial charge on any atom is 0.261 e. The van der Waals surface area contributed by atoms with E-state index in [0.717, 1.165) is 18.8 Å². The van der Waals surface area contributed by atoms with Crippen LogP contribution in [0.3, 0.4) is 0 Å². The molecular weight excluding hydrogens is 374 g/mol. The van der Waals surface area contributed by atoms with E-state index in [0.29, 0.717) is 27.6 Å². The summed E-state index contributed by atoms with van der Waals surface area (Å²) in [4.78, 5) is 26.9. The molecule has 1 aromatic heterocycles. The zero-order chi connectivity index (χ0) is 19.7. The number of benzene rings is 1. The number of nitrogens with zero attached hydrogens (tertiary/aromatic N) is 1. The molecular formula is C21H25N3O3S. The number of rotatable bonds is 5. The van der Waals surface area contributed by atoms with E-state index >= 15 is 0 Å². The van der Waals surface area contributed by atoms with Crippen LogP contribution in [0.2, 0.25) is 0 Å². The van der Waals surface area contributed by atoms with E-state index in [1.165, 1.54) is 31.1 Å². The second-order valence-corrected chi connectivity index (χ2v) is 8.59. The summed E-state index contributed by atoms with van der Waals surface area (Å²) in [7, 11) is 0. The number of fused-ring (bicyclic) bond motifs is 3. The summed E-state index contributed by atoms with van der Waals surface area (Å²) >= 11 is 1.34. The van der Waals surface area contributed by atoms with Gasteiger partial charge in [-0.05, 0) is 75.2 Å². The molecule has 4 heterocycles. The van der Waals surface area contributed by atoms with Crippen LogP contribution in [-0.4, -0.2) is 41.9 Å². The number of anilines is 1. The molecule has 148 valence electrons. The van der Waals surface area contributed by atoms with E-state index in [1.807, 2.05) is 12.1 Å². The van der Waals surface area contributed by atoms with Crippen molar-refractivity contribution in [1.82, 2.24) is 10.2 Å². The fourth-order valence-corrected chi connectivity index (χ4v) is 4.97. The van der Waals surface area contributed by atoms with Crippen molar-refractivity contribution in [2.75, 3.05) is 18.4 Å². The fourth-order valence-electron chi connectivity index (χ4n) is 4.19. The average Bonchev–Trinajstić information content (AvgIpc) is 3.15. The van der Waals surface area contributed by atoms with Crippen LogP contribution < -0.4 is 15.4 Å². The van der Waals surface area contributed by atoms with Crippen LogP contribution >= 0.6 is 11.3 Å². The van der Waals surface area contributed by atoms with E-state index in [-0.39, 0.29) is 17.9 Å². The number of hydrogen-bond donors (Lipinski definition) is 2. The van der Waals surface area contributed by atoms with Crippen molar-refractivity contribution >= 4 is 28.8 Å². The third-order valence-corrected chi connectivity index (χ3v) is 6.64. The maximum absolute atomic E-state index is 12.7. The average molecular weight is 400 g/mol. The predicted molar refractivity (Wildman–Crippen MR) is 110 cm³/mol. The Kier molecular flexibility index (Phi) is 5.37. The number of hydrogen-bond acceptors (Lipinski definition) is 5. The topological polar surface area (TPSA) is 70.7 Å². The minimum atomic E-state index is -0.111. The number of nitrogens with one attached hydrogen (secondary N) is 2. The van der Waals surface area contributed by atoms with Gasteiger partial charge in [0.25, 0.3) is 5.91 Å². The summed E-state index contributed by atoms with van der Waals surface area (Å²) in [6, 6.07) is 11.4. The summed E-state index contributed by atoms with van der Waals surface area (Å²) in [5, 5.41) is 6.64. The number of carbonyl (C=O) groups excluding carboxylic acids is 2. The Labute approximate surface area is 168 Å². The van der Waals surface area contributed by atoms with Crippen molar-refractivity contribution in [3.05, 3.63) is 41.3 Å². The van der Waals surface area contributed by atoms with Crippen molar-refractivity contribution in [3.8, 4) is 10.8 Å². The molecule has 2 N–H and O–H groups in total. The SMILES string of the molecule is CC(=O)Nc1ccc(Oc2ccc(C(=O)NC3C4CCN(CC4)C3C)s2)cc1. The van der Waals surface area contributed by atoms with Crippen LogP contribution in [0.5, 0.6) is 10.8 Å². The molecule has 2 unspecified atom stereocenters. The Bertz CT molecular complexity index is 854. The lowest BCUT2D eigenvalue weighted by atomic mass is 9.79. The van der Waals surface area contributed by atoms with Gasteiger partial charge in [-0.3, -0.25) is 14.5 Å². The Morgan fingerprint density at radius 3 is 2.46 bits per heavy atom. The van der Waals surface area contributed by atoms with E-state index in [4.69, 9.17) is 4.74 Å². The lowest BCUT2D eigenvalue weighted by molar-refractivity contribution is -0.114. The van der Waals surface area contributed by atoms with Crippen LogP contribution in [-0.2, 0) is 4.79 Å². The van der Waals surface area contributed by atoms with Gasteiger partial charge in [-0.1, -0.05) is 11.3 Å². The van der Waals surface area contributed by atoms with E-state index in [2.05, 4.69) is 22.5 Å². The first-order valence-electron chi connectivity index (χ1n) is 9.70. The highest BCUT2D eigenvalue weighted by molar-refractivity contribution is 7.15. The Morgan fingerprint density at radius 1 is 1.11 bits per heavy atom. The van der Waals surface area contributed by atoms with Gasteiger partial charge in [-0.2, -0.15) is 0 Å². The molecule has 3 fully saturated rings. The first-order valence-corrected chi connectivity index (χ1v) is 10.5. The quantitative estimate of drug-likeness (QED) is 0.804. The highest BCUT2D eigenvalue weighted by Gasteiger charge is 2.40. The minimum absolute atomic E-state index is 0.0218. The highest BCUT2D eigenvalue weighted by Crippen LogP contribution is 2.34.